The highest BCUT2D eigenvalue weighted by atomic mass is 19.2. The molecule has 1 aromatic heterocycles. The third kappa shape index (κ3) is 4.38. The summed E-state index contributed by atoms with van der Waals surface area (Å²) < 4.78 is 34.0. The van der Waals surface area contributed by atoms with Crippen LogP contribution in [0.2, 0.25) is 0 Å². The van der Waals surface area contributed by atoms with Crippen molar-refractivity contribution in [1.82, 2.24) is 9.88 Å². The maximum Gasteiger partial charge on any atom is 0.223 e. The molecule has 0 aliphatic carbocycles. The topological polar surface area (TPSA) is 66.2 Å². The highest BCUT2D eigenvalue weighted by molar-refractivity contribution is 5.78. The van der Waals surface area contributed by atoms with Crippen LogP contribution in [-0.4, -0.2) is 22.3 Å². The van der Waals surface area contributed by atoms with Crippen LogP contribution in [0, 0.1) is 23.0 Å². The molecule has 1 saturated heterocycles. The number of ether oxygens (including phenoxy) is 1. The molecular formula is C24H19F2N3O2. The molecule has 7 heteroatoms. The molecule has 1 aliphatic rings. The molecule has 1 amide bonds. The molecule has 0 saturated carbocycles. The maximum absolute atomic E-state index is 14.1. The molecule has 0 bridgehead atoms. The zero-order chi connectivity index (χ0) is 21.8. The third-order valence-corrected chi connectivity index (χ3v) is 5.28. The molecule has 3 aromatic rings. The minimum absolute atomic E-state index is 0.0372. The van der Waals surface area contributed by atoms with Gasteiger partial charge in [0.25, 0.3) is 0 Å². The number of likely N-dealkylation sites (tertiary alicyclic amines) is 1. The number of benzene rings is 2. The van der Waals surface area contributed by atoms with Crippen LogP contribution in [0.15, 0.2) is 67.0 Å². The number of hydrogen-bond acceptors (Lipinski definition) is 4. The van der Waals surface area contributed by atoms with Gasteiger partial charge in [-0.05, 0) is 60.0 Å². The van der Waals surface area contributed by atoms with Gasteiger partial charge in [-0.25, -0.2) is 8.78 Å². The Kier molecular flexibility index (Phi) is 5.89. The number of aromatic nitrogens is 1. The largest absolute Gasteiger partial charge is 0.483 e. The Morgan fingerprint density at radius 3 is 2.48 bits per heavy atom. The second kappa shape index (κ2) is 8.92. The van der Waals surface area contributed by atoms with Gasteiger partial charge in [-0.3, -0.25) is 9.78 Å². The van der Waals surface area contributed by atoms with Crippen LogP contribution in [0.1, 0.15) is 41.7 Å². The molecule has 1 aliphatic heterocycles. The van der Waals surface area contributed by atoms with Crippen molar-refractivity contribution in [2.24, 2.45) is 0 Å². The van der Waals surface area contributed by atoms with E-state index in [1.54, 1.807) is 47.6 Å². The third-order valence-electron chi connectivity index (χ3n) is 5.28. The first kappa shape index (κ1) is 20.5. The number of carbonyl (C=O) groups is 1. The smallest absolute Gasteiger partial charge is 0.223 e. The van der Waals surface area contributed by atoms with Crippen molar-refractivity contribution >= 4 is 5.91 Å². The van der Waals surface area contributed by atoms with Crippen molar-refractivity contribution in [2.45, 2.75) is 25.0 Å². The van der Waals surface area contributed by atoms with E-state index in [1.165, 1.54) is 6.07 Å². The number of amides is 1. The van der Waals surface area contributed by atoms with Gasteiger partial charge in [0.2, 0.25) is 5.91 Å². The minimum atomic E-state index is -0.997. The summed E-state index contributed by atoms with van der Waals surface area (Å²) in [5, 5.41) is 9.04. The predicted octanol–water partition coefficient (Wildman–Crippen LogP) is 4.72. The van der Waals surface area contributed by atoms with Crippen LogP contribution in [0.3, 0.4) is 0 Å². The first-order valence-corrected chi connectivity index (χ1v) is 9.88. The van der Waals surface area contributed by atoms with Crippen molar-refractivity contribution < 1.29 is 18.3 Å². The average molecular weight is 419 g/mol. The summed E-state index contributed by atoms with van der Waals surface area (Å²) in [6.07, 6.45) is 3.56. The van der Waals surface area contributed by atoms with Crippen molar-refractivity contribution in [3.63, 3.8) is 0 Å². The number of halogens is 2. The molecule has 4 rings (SSSR count). The van der Waals surface area contributed by atoms with Crippen LogP contribution < -0.4 is 4.74 Å². The molecule has 1 fully saturated rings. The summed E-state index contributed by atoms with van der Waals surface area (Å²) in [5.74, 6) is -1.56. The summed E-state index contributed by atoms with van der Waals surface area (Å²) in [6.45, 7) is 0.523. The lowest BCUT2D eigenvalue weighted by atomic mass is 9.95. The second-order valence-electron chi connectivity index (χ2n) is 7.27. The van der Waals surface area contributed by atoms with E-state index < -0.39 is 23.8 Å². The first-order chi connectivity index (χ1) is 15.1. The maximum atomic E-state index is 14.1. The van der Waals surface area contributed by atoms with Gasteiger partial charge in [-0.15, -0.1) is 0 Å². The van der Waals surface area contributed by atoms with E-state index in [0.29, 0.717) is 36.3 Å². The SMILES string of the molecule is N#Cc1ccc(O[C@H](c2ccc(F)c(F)c2)[C@H](c2cccnc2)N2CCCC2=O)cc1. The molecule has 0 spiro atoms. The molecule has 2 heterocycles. The summed E-state index contributed by atoms with van der Waals surface area (Å²) in [7, 11) is 0. The average Bonchev–Trinajstić information content (AvgIpc) is 3.22. The van der Waals surface area contributed by atoms with Crippen LogP contribution in [-0.2, 0) is 4.79 Å². The van der Waals surface area contributed by atoms with Gasteiger partial charge in [0.1, 0.15) is 11.9 Å². The van der Waals surface area contributed by atoms with Crippen LogP contribution >= 0.6 is 0 Å². The Morgan fingerprint density at radius 2 is 1.87 bits per heavy atom. The molecule has 2 atom stereocenters. The van der Waals surface area contributed by atoms with E-state index in [9.17, 15) is 13.6 Å². The zero-order valence-corrected chi connectivity index (χ0v) is 16.5. The van der Waals surface area contributed by atoms with Crippen molar-refractivity contribution in [1.29, 1.82) is 5.26 Å². The summed E-state index contributed by atoms with van der Waals surface area (Å²) >= 11 is 0. The Morgan fingerprint density at radius 1 is 1.06 bits per heavy atom. The first-order valence-electron chi connectivity index (χ1n) is 9.88. The number of hydrogen-bond donors (Lipinski definition) is 0. The van der Waals surface area contributed by atoms with Gasteiger partial charge >= 0.3 is 0 Å². The number of rotatable bonds is 6. The summed E-state index contributed by atoms with van der Waals surface area (Å²) in [5.41, 5.74) is 1.58. The van der Waals surface area contributed by atoms with Crippen molar-refractivity contribution in [3.05, 3.63) is 95.3 Å². The second-order valence-corrected chi connectivity index (χ2v) is 7.27. The van der Waals surface area contributed by atoms with Gasteiger partial charge in [0, 0.05) is 25.4 Å². The number of nitrogens with zero attached hydrogens (tertiary/aromatic N) is 3. The Hall–Kier alpha value is -3.79. The summed E-state index contributed by atoms with van der Waals surface area (Å²) in [4.78, 5) is 18.5. The Labute approximate surface area is 178 Å². The van der Waals surface area contributed by atoms with Crippen molar-refractivity contribution in [3.8, 4) is 11.8 Å². The summed E-state index contributed by atoms with van der Waals surface area (Å²) in [6, 6.07) is 15.1. The molecule has 5 nitrogen and oxygen atoms in total. The Bertz CT molecular complexity index is 1110. The molecule has 0 N–H and O–H groups in total. The zero-order valence-electron chi connectivity index (χ0n) is 16.5. The molecule has 0 unspecified atom stereocenters. The minimum Gasteiger partial charge on any atom is -0.483 e. The van der Waals surface area contributed by atoms with Gasteiger partial charge < -0.3 is 9.64 Å². The number of nitriles is 1. The Balaban J connectivity index is 1.81. The lowest BCUT2D eigenvalue weighted by Gasteiger charge is -2.35. The highest BCUT2D eigenvalue weighted by Crippen LogP contribution is 2.40. The monoisotopic (exact) mass is 419 g/mol. The van der Waals surface area contributed by atoms with Gasteiger partial charge in [0.15, 0.2) is 11.6 Å². The standard InChI is InChI=1S/C24H19F2N3O2/c25-20-10-7-17(13-21(20)26)24(31-19-8-5-16(14-27)6-9-19)23(18-3-1-11-28-15-18)29-12-2-4-22(29)30/h1,3,5-11,13,15,23-24H,2,4,12H2/t23-,24+/m0/s1. The molecule has 156 valence electrons. The number of carbonyl (C=O) groups excluding carboxylic acids is 1. The fraction of sp³-hybridized carbons (Fsp3) is 0.208. The van der Waals surface area contributed by atoms with E-state index in [1.807, 2.05) is 12.1 Å². The highest BCUT2D eigenvalue weighted by Gasteiger charge is 2.37. The van der Waals surface area contributed by atoms with E-state index in [-0.39, 0.29) is 5.91 Å². The predicted molar refractivity (Wildman–Crippen MR) is 109 cm³/mol. The lowest BCUT2D eigenvalue weighted by Crippen LogP contribution is -2.36. The normalized spacial score (nSPS) is 15.4. The molecular weight excluding hydrogens is 400 g/mol. The molecule has 0 radical (unpaired) electrons. The van der Waals surface area contributed by atoms with Crippen molar-refractivity contribution in [2.75, 3.05) is 6.54 Å². The van der Waals surface area contributed by atoms with Crippen LogP contribution in [0.5, 0.6) is 5.75 Å². The lowest BCUT2D eigenvalue weighted by molar-refractivity contribution is -0.131. The molecule has 31 heavy (non-hydrogen) atoms. The number of pyridine rings is 1. The fourth-order valence-corrected chi connectivity index (χ4v) is 3.79. The quantitative estimate of drug-likeness (QED) is 0.580. The van der Waals surface area contributed by atoms with Gasteiger partial charge in [-0.2, -0.15) is 5.26 Å². The van der Waals surface area contributed by atoms with Crippen LogP contribution in [0.25, 0.3) is 0 Å². The van der Waals surface area contributed by atoms with E-state index in [0.717, 1.165) is 17.7 Å². The van der Waals surface area contributed by atoms with Gasteiger partial charge in [0.05, 0.1) is 17.7 Å². The van der Waals surface area contributed by atoms with E-state index in [4.69, 9.17) is 10.00 Å². The van der Waals surface area contributed by atoms with Gasteiger partial charge in [-0.1, -0.05) is 12.1 Å². The van der Waals surface area contributed by atoms with E-state index in [2.05, 4.69) is 4.98 Å². The van der Waals surface area contributed by atoms with Crippen LogP contribution in [0.4, 0.5) is 8.78 Å². The van der Waals surface area contributed by atoms with E-state index >= 15 is 0 Å². The fourth-order valence-electron chi connectivity index (χ4n) is 3.79. The molecule has 2 aromatic carbocycles.